The topological polar surface area (TPSA) is 21.7 Å². The van der Waals surface area contributed by atoms with Crippen LogP contribution >= 0.6 is 11.8 Å². The molecule has 0 radical (unpaired) electrons. The quantitative estimate of drug-likeness (QED) is 0.793. The van der Waals surface area contributed by atoms with Crippen LogP contribution in [0.15, 0.2) is 0 Å². The van der Waals surface area contributed by atoms with Gasteiger partial charge in [-0.25, -0.2) is 0 Å². The molecule has 4 heteroatoms. The van der Waals surface area contributed by atoms with Crippen LogP contribution in [0, 0.1) is 23.7 Å². The first-order valence-electron chi connectivity index (χ1n) is 7.89. The molecule has 0 aromatic carbocycles. The molecule has 0 spiro atoms. The molecular formula is C15H23NO2S. The molecule has 106 valence electrons. The fraction of sp³-hybridized carbons (Fsp3) is 1.00. The second kappa shape index (κ2) is 3.34. The van der Waals surface area contributed by atoms with E-state index in [-0.39, 0.29) is 11.5 Å². The Morgan fingerprint density at radius 3 is 2.89 bits per heavy atom. The summed E-state index contributed by atoms with van der Waals surface area (Å²) in [5.41, 5.74) is 0.340. The minimum Gasteiger partial charge on any atom is -0.336 e. The van der Waals surface area contributed by atoms with Gasteiger partial charge in [0, 0.05) is 24.3 Å². The summed E-state index contributed by atoms with van der Waals surface area (Å²) in [6.07, 6.45) is 3.93. The fourth-order valence-electron chi connectivity index (χ4n) is 5.98. The largest absolute Gasteiger partial charge is 0.336 e. The molecule has 0 unspecified atom stereocenters. The van der Waals surface area contributed by atoms with Crippen molar-refractivity contribution in [3.8, 4) is 0 Å². The maximum Gasteiger partial charge on any atom is 0.173 e. The van der Waals surface area contributed by atoms with Crippen LogP contribution in [-0.4, -0.2) is 33.8 Å². The summed E-state index contributed by atoms with van der Waals surface area (Å²) in [5.74, 6) is 2.67. The second-order valence-electron chi connectivity index (χ2n) is 7.35. The Labute approximate surface area is 119 Å². The molecule has 0 aromatic rings. The first kappa shape index (κ1) is 11.8. The molecule has 3 nitrogen and oxygen atoms in total. The van der Waals surface area contributed by atoms with E-state index in [0.717, 1.165) is 11.8 Å². The average molecular weight is 281 g/mol. The Kier molecular flexibility index (Phi) is 2.08. The summed E-state index contributed by atoms with van der Waals surface area (Å²) in [6.45, 7) is 8.02. The van der Waals surface area contributed by atoms with Crippen molar-refractivity contribution in [1.82, 2.24) is 4.90 Å². The molecule has 8 atom stereocenters. The van der Waals surface area contributed by atoms with E-state index in [4.69, 9.17) is 9.47 Å². The van der Waals surface area contributed by atoms with Gasteiger partial charge in [-0.2, -0.15) is 0 Å². The number of nitrogens with zero attached hydrogens (tertiary/aromatic N) is 1. The van der Waals surface area contributed by atoms with Gasteiger partial charge in [-0.3, -0.25) is 4.90 Å². The SMILES string of the molecule is CCCCN1[C@@H]2S[C@@H]3O[C@]4(C)O[C@@]1(C)[C@@H]1[C@H]2C[C@H]3[C@@H]14. The molecule has 1 saturated carbocycles. The molecule has 0 amide bonds. The predicted molar refractivity (Wildman–Crippen MR) is 74.3 cm³/mol. The number of thioether (sulfide) groups is 1. The lowest BCUT2D eigenvalue weighted by Gasteiger charge is -2.44. The van der Waals surface area contributed by atoms with Crippen molar-refractivity contribution in [3.63, 3.8) is 0 Å². The summed E-state index contributed by atoms with van der Waals surface area (Å²) < 4.78 is 12.9. The number of rotatable bonds is 3. The minimum absolute atomic E-state index is 0.0585. The van der Waals surface area contributed by atoms with Crippen LogP contribution in [0.4, 0.5) is 0 Å². The van der Waals surface area contributed by atoms with Crippen molar-refractivity contribution >= 4 is 11.8 Å². The van der Waals surface area contributed by atoms with Gasteiger partial charge in [0.05, 0.1) is 5.37 Å². The van der Waals surface area contributed by atoms with Gasteiger partial charge in [0.1, 0.15) is 11.2 Å². The van der Waals surface area contributed by atoms with Gasteiger partial charge >= 0.3 is 0 Å². The molecule has 4 aliphatic heterocycles. The van der Waals surface area contributed by atoms with E-state index < -0.39 is 0 Å². The zero-order chi connectivity index (χ0) is 13.0. The van der Waals surface area contributed by atoms with Crippen LogP contribution < -0.4 is 0 Å². The van der Waals surface area contributed by atoms with Gasteiger partial charge in [0.15, 0.2) is 5.79 Å². The molecule has 4 heterocycles. The zero-order valence-electron chi connectivity index (χ0n) is 12.0. The van der Waals surface area contributed by atoms with Crippen molar-refractivity contribution in [2.45, 2.75) is 62.4 Å². The van der Waals surface area contributed by atoms with E-state index in [0.29, 0.717) is 22.6 Å². The lowest BCUT2D eigenvalue weighted by atomic mass is 9.83. The van der Waals surface area contributed by atoms with Gasteiger partial charge < -0.3 is 9.47 Å². The van der Waals surface area contributed by atoms with Crippen molar-refractivity contribution in [2.75, 3.05) is 6.54 Å². The van der Waals surface area contributed by atoms with Crippen LogP contribution in [0.25, 0.3) is 0 Å². The number of hydrogen-bond donors (Lipinski definition) is 0. The summed E-state index contributed by atoms with van der Waals surface area (Å²) in [7, 11) is 0. The normalized spacial score (nSPS) is 64.6. The Bertz CT molecular complexity index is 446. The summed E-state index contributed by atoms with van der Waals surface area (Å²) in [5, 5.41) is 0.651. The first-order valence-corrected chi connectivity index (χ1v) is 8.83. The van der Waals surface area contributed by atoms with E-state index >= 15 is 0 Å². The zero-order valence-corrected chi connectivity index (χ0v) is 12.8. The summed E-state index contributed by atoms with van der Waals surface area (Å²) >= 11 is 2.11. The Hall–Kier alpha value is 0.230. The number of likely N-dealkylation sites (tertiary alicyclic amines) is 1. The molecular weight excluding hydrogens is 258 g/mol. The second-order valence-corrected chi connectivity index (χ2v) is 8.57. The number of unbranched alkanes of at least 4 members (excludes halogenated alkanes) is 1. The fourth-order valence-corrected chi connectivity index (χ4v) is 7.93. The van der Waals surface area contributed by atoms with Crippen molar-refractivity contribution < 1.29 is 9.47 Å². The summed E-state index contributed by atoms with van der Waals surface area (Å²) in [4.78, 5) is 2.69. The highest BCUT2D eigenvalue weighted by Gasteiger charge is 2.80. The molecule has 19 heavy (non-hydrogen) atoms. The van der Waals surface area contributed by atoms with E-state index in [1.807, 2.05) is 0 Å². The third-order valence-electron chi connectivity index (χ3n) is 6.46. The van der Waals surface area contributed by atoms with E-state index in [1.54, 1.807) is 0 Å². The van der Waals surface area contributed by atoms with Gasteiger partial charge in [-0.1, -0.05) is 13.3 Å². The number of hydrogen-bond acceptors (Lipinski definition) is 4. The van der Waals surface area contributed by atoms with Gasteiger partial charge in [0.2, 0.25) is 0 Å². The van der Waals surface area contributed by atoms with E-state index in [1.165, 1.54) is 25.8 Å². The maximum atomic E-state index is 6.59. The van der Waals surface area contributed by atoms with Crippen LogP contribution in [0.5, 0.6) is 0 Å². The Morgan fingerprint density at radius 1 is 1.26 bits per heavy atom. The lowest BCUT2D eigenvalue weighted by Crippen LogP contribution is -2.52. The first-order chi connectivity index (χ1) is 9.08. The highest BCUT2D eigenvalue weighted by Crippen LogP contribution is 2.75. The van der Waals surface area contributed by atoms with Crippen LogP contribution in [0.2, 0.25) is 0 Å². The highest BCUT2D eigenvalue weighted by atomic mass is 32.2. The van der Waals surface area contributed by atoms with E-state index in [2.05, 4.69) is 37.4 Å². The van der Waals surface area contributed by atoms with Crippen molar-refractivity contribution in [1.29, 1.82) is 0 Å². The Morgan fingerprint density at radius 2 is 2.11 bits per heavy atom. The van der Waals surface area contributed by atoms with Crippen LogP contribution in [-0.2, 0) is 9.47 Å². The average Bonchev–Trinajstić information content (AvgIpc) is 2.95. The minimum atomic E-state index is -0.299. The monoisotopic (exact) mass is 281 g/mol. The van der Waals surface area contributed by atoms with Crippen molar-refractivity contribution in [2.24, 2.45) is 23.7 Å². The predicted octanol–water partition coefficient (Wildman–Crippen LogP) is 2.86. The molecule has 1 aliphatic carbocycles. The van der Waals surface area contributed by atoms with Gasteiger partial charge in [-0.15, -0.1) is 11.8 Å². The summed E-state index contributed by atoms with van der Waals surface area (Å²) in [6, 6.07) is 0. The van der Waals surface area contributed by atoms with Gasteiger partial charge in [-0.05, 0) is 32.6 Å². The molecule has 0 aromatic heterocycles. The molecule has 0 N–H and O–H groups in total. The third kappa shape index (κ3) is 1.13. The van der Waals surface area contributed by atoms with E-state index in [9.17, 15) is 0 Å². The molecule has 5 aliphatic rings. The smallest absolute Gasteiger partial charge is 0.173 e. The third-order valence-corrected chi connectivity index (χ3v) is 8.05. The molecule has 2 bridgehead atoms. The molecule has 5 rings (SSSR count). The highest BCUT2D eigenvalue weighted by molar-refractivity contribution is 8.00. The molecule has 4 saturated heterocycles. The number of ether oxygens (including phenoxy) is 2. The standard InChI is InChI=1S/C15H23NO2S/c1-4-5-6-16-12-8-7-9-11-10(8)14(16,2)18-15(11,3)17-13(9)19-12/h8-13H,4-7H2,1-3H3/t8-,9+,10-,11+,12-,13+,14+,15-/m1/s1. The maximum absolute atomic E-state index is 6.59. The van der Waals surface area contributed by atoms with Crippen LogP contribution in [0.1, 0.15) is 40.0 Å². The van der Waals surface area contributed by atoms with Gasteiger partial charge in [0.25, 0.3) is 0 Å². The Balaban J connectivity index is 1.61. The molecule has 5 fully saturated rings. The van der Waals surface area contributed by atoms with Crippen molar-refractivity contribution in [3.05, 3.63) is 0 Å². The van der Waals surface area contributed by atoms with Crippen LogP contribution in [0.3, 0.4) is 0 Å². The lowest BCUT2D eigenvalue weighted by molar-refractivity contribution is -0.267.